The summed E-state index contributed by atoms with van der Waals surface area (Å²) in [5, 5.41) is 2.46. The molecule has 2 aromatic heterocycles. The van der Waals surface area contributed by atoms with Crippen LogP contribution in [0, 0.1) is 0 Å². The van der Waals surface area contributed by atoms with Gasteiger partial charge in [-0.05, 0) is 13.8 Å². The Bertz CT molecular complexity index is 666. The quantitative estimate of drug-likeness (QED) is 0.540. The van der Waals surface area contributed by atoms with E-state index in [1.54, 1.807) is 25.4 Å². The van der Waals surface area contributed by atoms with Gasteiger partial charge in [-0.15, -0.1) is 11.3 Å². The van der Waals surface area contributed by atoms with E-state index in [4.69, 9.17) is 5.84 Å². The van der Waals surface area contributed by atoms with E-state index in [1.807, 2.05) is 0 Å². The van der Waals surface area contributed by atoms with E-state index in [-0.39, 0.29) is 10.8 Å². The number of hydrogen-bond donors (Lipinski definition) is 3. The molecule has 0 unspecified atom stereocenters. The van der Waals surface area contributed by atoms with Crippen LogP contribution in [0.3, 0.4) is 0 Å². The number of aromatic nitrogens is 3. The van der Waals surface area contributed by atoms with Crippen LogP contribution in [0.25, 0.3) is 0 Å². The van der Waals surface area contributed by atoms with Gasteiger partial charge >= 0.3 is 0 Å². The van der Waals surface area contributed by atoms with Crippen molar-refractivity contribution in [2.75, 3.05) is 5.43 Å². The first-order chi connectivity index (χ1) is 9.35. The summed E-state index contributed by atoms with van der Waals surface area (Å²) in [6, 6.07) is 0. The molecular formula is C10H14N6O2S2. The van der Waals surface area contributed by atoms with Crippen LogP contribution in [0.5, 0.6) is 0 Å². The monoisotopic (exact) mass is 314 g/mol. The lowest BCUT2D eigenvalue weighted by atomic mass is 10.1. The topological polar surface area (TPSA) is 123 Å². The summed E-state index contributed by atoms with van der Waals surface area (Å²) in [4.78, 5) is 11.6. The Labute approximate surface area is 120 Å². The maximum Gasteiger partial charge on any atom is 0.244 e. The van der Waals surface area contributed by atoms with Gasteiger partial charge in [0, 0.05) is 11.6 Å². The van der Waals surface area contributed by atoms with Gasteiger partial charge in [-0.2, -0.15) is 4.72 Å². The number of nitrogens with zero attached hydrogens (tertiary/aromatic N) is 3. The van der Waals surface area contributed by atoms with Crippen LogP contribution in [-0.4, -0.2) is 23.4 Å². The molecule has 2 heterocycles. The lowest BCUT2D eigenvalue weighted by Crippen LogP contribution is -2.40. The van der Waals surface area contributed by atoms with Crippen LogP contribution in [0.15, 0.2) is 28.9 Å². The molecule has 108 valence electrons. The second kappa shape index (κ2) is 5.40. The third kappa shape index (κ3) is 3.10. The number of rotatable bonds is 5. The summed E-state index contributed by atoms with van der Waals surface area (Å²) in [5.41, 5.74) is 1.41. The highest BCUT2D eigenvalue weighted by Gasteiger charge is 2.30. The Morgan fingerprint density at radius 2 is 1.90 bits per heavy atom. The van der Waals surface area contributed by atoms with Crippen molar-refractivity contribution in [3.05, 3.63) is 29.0 Å². The Hall–Kier alpha value is -1.62. The van der Waals surface area contributed by atoms with Crippen LogP contribution >= 0.6 is 11.3 Å². The number of nitrogens with one attached hydrogen (secondary N) is 2. The van der Waals surface area contributed by atoms with Gasteiger partial charge < -0.3 is 0 Å². The average Bonchev–Trinajstić information content (AvgIpc) is 2.92. The molecule has 0 saturated heterocycles. The van der Waals surface area contributed by atoms with E-state index in [0.29, 0.717) is 5.01 Å². The zero-order valence-corrected chi connectivity index (χ0v) is 12.5. The fourth-order valence-corrected chi connectivity index (χ4v) is 3.55. The maximum absolute atomic E-state index is 12.3. The van der Waals surface area contributed by atoms with Crippen LogP contribution in [0.2, 0.25) is 0 Å². The maximum atomic E-state index is 12.3. The zero-order chi connectivity index (χ0) is 14.8. The van der Waals surface area contributed by atoms with Gasteiger partial charge in [-0.25, -0.2) is 29.2 Å². The number of nitrogens with two attached hydrogens (primary N) is 1. The Morgan fingerprint density at radius 3 is 2.40 bits per heavy atom. The number of anilines is 1. The highest BCUT2D eigenvalue weighted by atomic mass is 32.2. The van der Waals surface area contributed by atoms with E-state index in [2.05, 4.69) is 25.1 Å². The summed E-state index contributed by atoms with van der Waals surface area (Å²) >= 11 is 1.38. The molecule has 4 N–H and O–H groups in total. The van der Waals surface area contributed by atoms with E-state index in [1.165, 1.54) is 23.7 Å². The van der Waals surface area contributed by atoms with Crippen LogP contribution < -0.4 is 16.0 Å². The van der Waals surface area contributed by atoms with Gasteiger partial charge in [-0.3, -0.25) is 5.43 Å². The normalized spacial score (nSPS) is 12.3. The molecule has 0 aliphatic heterocycles. The average molecular weight is 314 g/mol. The standard InChI is InChI=1S/C10H14N6O2S2/c1-10(2,8-12-3-4-19-8)16-20(17,18)7-5-13-9(15-11)14-6-7/h3-6,16H,11H2,1-2H3,(H,13,14,15). The molecule has 20 heavy (non-hydrogen) atoms. The van der Waals surface area contributed by atoms with Crippen molar-refractivity contribution in [2.45, 2.75) is 24.3 Å². The Balaban J connectivity index is 2.26. The van der Waals surface area contributed by atoms with Crippen molar-refractivity contribution in [1.82, 2.24) is 19.7 Å². The van der Waals surface area contributed by atoms with Crippen molar-refractivity contribution in [3.8, 4) is 0 Å². The minimum Gasteiger partial charge on any atom is -0.292 e. The van der Waals surface area contributed by atoms with Gasteiger partial charge in [0.05, 0.1) is 17.9 Å². The van der Waals surface area contributed by atoms with Gasteiger partial charge in [0.15, 0.2) is 0 Å². The number of nitrogen functional groups attached to an aromatic ring is 1. The lowest BCUT2D eigenvalue weighted by Gasteiger charge is -2.23. The van der Waals surface area contributed by atoms with Gasteiger partial charge in [0.25, 0.3) is 0 Å². The predicted octanol–water partition coefficient (Wildman–Crippen LogP) is 0.432. The molecule has 0 fully saturated rings. The molecule has 0 bridgehead atoms. The third-order valence-electron chi connectivity index (χ3n) is 2.42. The first-order valence-corrected chi connectivity index (χ1v) is 7.94. The predicted molar refractivity (Wildman–Crippen MR) is 75.3 cm³/mol. The van der Waals surface area contributed by atoms with Crippen molar-refractivity contribution in [2.24, 2.45) is 5.84 Å². The molecule has 0 aromatic carbocycles. The second-order valence-corrected chi connectivity index (χ2v) is 7.03. The molecule has 10 heteroatoms. The van der Waals surface area contributed by atoms with Gasteiger partial charge in [0.1, 0.15) is 9.90 Å². The molecule has 0 saturated carbocycles. The Morgan fingerprint density at radius 1 is 1.25 bits per heavy atom. The van der Waals surface area contributed by atoms with Crippen LogP contribution in [0.1, 0.15) is 18.9 Å². The molecule has 8 nitrogen and oxygen atoms in total. The molecule has 2 rings (SSSR count). The first kappa shape index (κ1) is 14.8. The van der Waals surface area contributed by atoms with Crippen LogP contribution in [-0.2, 0) is 15.6 Å². The van der Waals surface area contributed by atoms with E-state index in [9.17, 15) is 8.42 Å². The van der Waals surface area contributed by atoms with Crippen LogP contribution in [0.4, 0.5) is 5.95 Å². The van der Waals surface area contributed by atoms with Crippen molar-refractivity contribution in [1.29, 1.82) is 0 Å². The SMILES string of the molecule is CC(C)(NS(=O)(=O)c1cnc(NN)nc1)c1nccs1. The largest absolute Gasteiger partial charge is 0.292 e. The van der Waals surface area contributed by atoms with E-state index >= 15 is 0 Å². The molecule has 2 aromatic rings. The molecule has 0 spiro atoms. The summed E-state index contributed by atoms with van der Waals surface area (Å²) in [5.74, 6) is 5.27. The number of sulfonamides is 1. The van der Waals surface area contributed by atoms with Crippen molar-refractivity contribution >= 4 is 27.3 Å². The minimum atomic E-state index is -3.75. The minimum absolute atomic E-state index is 0.0406. The van der Waals surface area contributed by atoms with Crippen molar-refractivity contribution < 1.29 is 8.42 Å². The summed E-state index contributed by atoms with van der Waals surface area (Å²) in [6.45, 7) is 3.47. The third-order valence-corrected chi connectivity index (χ3v) is 5.13. The number of hydrazine groups is 1. The molecule has 0 atom stereocenters. The lowest BCUT2D eigenvalue weighted by molar-refractivity contribution is 0.469. The van der Waals surface area contributed by atoms with Crippen molar-refractivity contribution in [3.63, 3.8) is 0 Å². The molecule has 0 radical (unpaired) electrons. The molecule has 0 aliphatic carbocycles. The van der Waals surface area contributed by atoms with E-state index < -0.39 is 15.6 Å². The summed E-state index contributed by atoms with van der Waals surface area (Å²) in [6.07, 6.45) is 3.99. The fourth-order valence-electron chi connectivity index (χ4n) is 1.50. The summed E-state index contributed by atoms with van der Waals surface area (Å²) < 4.78 is 27.1. The number of thiazole rings is 1. The zero-order valence-electron chi connectivity index (χ0n) is 10.9. The van der Waals surface area contributed by atoms with Gasteiger partial charge in [0.2, 0.25) is 16.0 Å². The molecule has 0 amide bonds. The summed E-state index contributed by atoms with van der Waals surface area (Å²) in [7, 11) is -3.75. The fraction of sp³-hybridized carbons (Fsp3) is 0.300. The first-order valence-electron chi connectivity index (χ1n) is 5.58. The highest BCUT2D eigenvalue weighted by Crippen LogP contribution is 2.24. The second-order valence-electron chi connectivity index (χ2n) is 4.45. The highest BCUT2D eigenvalue weighted by molar-refractivity contribution is 7.89. The van der Waals surface area contributed by atoms with E-state index in [0.717, 1.165) is 0 Å². The number of hydrogen-bond acceptors (Lipinski definition) is 8. The molecular weight excluding hydrogens is 300 g/mol. The smallest absolute Gasteiger partial charge is 0.244 e. The Kier molecular flexibility index (Phi) is 3.99. The molecule has 0 aliphatic rings. The van der Waals surface area contributed by atoms with Gasteiger partial charge in [-0.1, -0.05) is 0 Å².